The summed E-state index contributed by atoms with van der Waals surface area (Å²) in [5.41, 5.74) is 2.92. The minimum Gasteiger partial charge on any atom is -0.368 e. The van der Waals surface area contributed by atoms with Gasteiger partial charge in [-0.15, -0.1) is 11.3 Å². The normalized spacial score (nSPS) is 14.6. The first kappa shape index (κ1) is 19.0. The second-order valence-electron chi connectivity index (χ2n) is 7.43. The molecule has 0 saturated carbocycles. The number of thiazole rings is 1. The summed E-state index contributed by atoms with van der Waals surface area (Å²) in [6, 6.07) is 6.84. The Morgan fingerprint density at radius 3 is 2.83 bits per heavy atom. The van der Waals surface area contributed by atoms with E-state index in [1.807, 2.05) is 26.2 Å². The standard InChI is InChI=1S/C21H21FN6OS/c1-12-24-20-16(22)9-13(10-18(20)30-12)25-21(29)14-3-4-17(28-7-5-23-6-8-28)15-11-27(2)26-19(14)15/h3-4,9-11,23H,5-8H2,1-2H3,(H,25,29). The van der Waals surface area contributed by atoms with E-state index in [9.17, 15) is 9.18 Å². The van der Waals surface area contributed by atoms with Crippen molar-refractivity contribution in [2.75, 3.05) is 36.4 Å². The molecule has 0 spiro atoms. The van der Waals surface area contributed by atoms with Crippen LogP contribution in [0.15, 0.2) is 30.5 Å². The van der Waals surface area contributed by atoms with Crippen LogP contribution in [0.1, 0.15) is 15.4 Å². The second-order valence-corrected chi connectivity index (χ2v) is 8.66. The number of nitrogens with zero attached hydrogens (tertiary/aromatic N) is 4. The van der Waals surface area contributed by atoms with E-state index in [4.69, 9.17) is 0 Å². The van der Waals surface area contributed by atoms with Gasteiger partial charge in [0.15, 0.2) is 5.82 Å². The minimum absolute atomic E-state index is 0.314. The average molecular weight is 425 g/mol. The molecular formula is C21H21FN6OS. The molecule has 0 bridgehead atoms. The van der Waals surface area contributed by atoms with Gasteiger partial charge < -0.3 is 15.5 Å². The Labute approximate surface area is 176 Å². The van der Waals surface area contributed by atoms with Gasteiger partial charge in [0.05, 0.1) is 15.3 Å². The molecule has 2 aromatic heterocycles. The molecule has 5 rings (SSSR count). The summed E-state index contributed by atoms with van der Waals surface area (Å²) < 4.78 is 16.8. The molecule has 1 amide bonds. The lowest BCUT2D eigenvalue weighted by atomic mass is 10.1. The molecule has 9 heteroatoms. The van der Waals surface area contributed by atoms with E-state index in [1.54, 1.807) is 16.8 Å². The van der Waals surface area contributed by atoms with Gasteiger partial charge in [-0.25, -0.2) is 9.37 Å². The monoisotopic (exact) mass is 424 g/mol. The number of aromatic nitrogens is 3. The van der Waals surface area contributed by atoms with Crippen LogP contribution in [0.2, 0.25) is 0 Å². The summed E-state index contributed by atoms with van der Waals surface area (Å²) in [4.78, 5) is 19.6. The largest absolute Gasteiger partial charge is 0.368 e. The van der Waals surface area contributed by atoms with Gasteiger partial charge in [-0.2, -0.15) is 5.10 Å². The number of hydrogen-bond acceptors (Lipinski definition) is 6. The first-order valence-electron chi connectivity index (χ1n) is 9.79. The summed E-state index contributed by atoms with van der Waals surface area (Å²) in [5.74, 6) is -0.755. The van der Waals surface area contributed by atoms with Crippen molar-refractivity contribution in [2.24, 2.45) is 7.05 Å². The maximum absolute atomic E-state index is 14.4. The van der Waals surface area contributed by atoms with Crippen molar-refractivity contribution < 1.29 is 9.18 Å². The smallest absolute Gasteiger partial charge is 0.257 e. The molecule has 2 aromatic carbocycles. The zero-order valence-electron chi connectivity index (χ0n) is 16.7. The molecule has 7 nitrogen and oxygen atoms in total. The number of carbonyl (C=O) groups excluding carboxylic acids is 1. The fraction of sp³-hybridized carbons (Fsp3) is 0.286. The molecular weight excluding hydrogens is 403 g/mol. The molecule has 2 N–H and O–H groups in total. The van der Waals surface area contributed by atoms with E-state index in [0.29, 0.717) is 27.0 Å². The molecule has 1 fully saturated rings. The Morgan fingerprint density at radius 1 is 1.23 bits per heavy atom. The number of aryl methyl sites for hydroxylation is 2. The van der Waals surface area contributed by atoms with E-state index >= 15 is 0 Å². The number of rotatable bonds is 3. The van der Waals surface area contributed by atoms with E-state index < -0.39 is 5.82 Å². The van der Waals surface area contributed by atoms with Crippen molar-refractivity contribution >= 4 is 49.7 Å². The third-order valence-corrected chi connectivity index (χ3v) is 6.20. The Hall–Kier alpha value is -3.04. The number of hydrogen-bond donors (Lipinski definition) is 2. The summed E-state index contributed by atoms with van der Waals surface area (Å²) in [6.45, 7) is 5.50. The number of halogens is 1. The molecule has 4 aromatic rings. The van der Waals surface area contributed by atoms with Crippen LogP contribution in [0.5, 0.6) is 0 Å². The third kappa shape index (κ3) is 3.29. The van der Waals surface area contributed by atoms with Gasteiger partial charge in [-0.1, -0.05) is 0 Å². The highest BCUT2D eigenvalue weighted by Gasteiger charge is 2.20. The van der Waals surface area contributed by atoms with E-state index in [1.165, 1.54) is 17.4 Å². The van der Waals surface area contributed by atoms with Gasteiger partial charge in [-0.05, 0) is 31.2 Å². The van der Waals surface area contributed by atoms with Crippen LogP contribution in [0.4, 0.5) is 15.8 Å². The second kappa shape index (κ2) is 7.33. The van der Waals surface area contributed by atoms with Crippen LogP contribution >= 0.6 is 11.3 Å². The van der Waals surface area contributed by atoms with Crippen molar-refractivity contribution in [3.05, 3.63) is 46.9 Å². The van der Waals surface area contributed by atoms with Crippen LogP contribution in [0.25, 0.3) is 21.1 Å². The molecule has 1 aliphatic rings. The number of benzene rings is 2. The van der Waals surface area contributed by atoms with Gasteiger partial charge in [0, 0.05) is 56.2 Å². The average Bonchev–Trinajstić information content (AvgIpc) is 3.29. The van der Waals surface area contributed by atoms with Gasteiger partial charge in [-0.3, -0.25) is 9.48 Å². The lowest BCUT2D eigenvalue weighted by Crippen LogP contribution is -2.43. The van der Waals surface area contributed by atoms with Crippen molar-refractivity contribution in [1.82, 2.24) is 20.1 Å². The lowest BCUT2D eigenvalue weighted by Gasteiger charge is -2.30. The predicted octanol–water partition coefficient (Wildman–Crippen LogP) is 3.29. The van der Waals surface area contributed by atoms with E-state index in [-0.39, 0.29) is 5.91 Å². The maximum Gasteiger partial charge on any atom is 0.257 e. The highest BCUT2D eigenvalue weighted by molar-refractivity contribution is 7.18. The zero-order valence-corrected chi connectivity index (χ0v) is 17.5. The van der Waals surface area contributed by atoms with Gasteiger partial charge >= 0.3 is 0 Å². The van der Waals surface area contributed by atoms with Crippen molar-refractivity contribution in [1.29, 1.82) is 0 Å². The molecule has 1 aliphatic heterocycles. The first-order valence-corrected chi connectivity index (χ1v) is 10.6. The van der Waals surface area contributed by atoms with Crippen LogP contribution < -0.4 is 15.5 Å². The summed E-state index contributed by atoms with van der Waals surface area (Å²) in [7, 11) is 1.85. The molecule has 0 aliphatic carbocycles. The molecule has 154 valence electrons. The Bertz CT molecular complexity index is 1270. The quantitative estimate of drug-likeness (QED) is 0.528. The first-order chi connectivity index (χ1) is 14.5. The number of amides is 1. The molecule has 30 heavy (non-hydrogen) atoms. The van der Waals surface area contributed by atoms with Crippen molar-refractivity contribution in [3.8, 4) is 0 Å². The summed E-state index contributed by atoms with van der Waals surface area (Å²) >= 11 is 1.40. The number of anilines is 2. The molecule has 3 heterocycles. The number of fused-ring (bicyclic) bond motifs is 2. The van der Waals surface area contributed by atoms with Gasteiger partial charge in [0.25, 0.3) is 5.91 Å². The zero-order chi connectivity index (χ0) is 20.8. The molecule has 0 radical (unpaired) electrons. The number of nitrogens with one attached hydrogen (secondary N) is 2. The van der Waals surface area contributed by atoms with Gasteiger partial charge in [0.2, 0.25) is 0 Å². The molecule has 0 atom stereocenters. The SMILES string of the molecule is Cc1nc2c(F)cc(NC(=O)c3ccc(N4CCNCC4)c4cn(C)nc34)cc2s1. The van der Waals surface area contributed by atoms with E-state index in [0.717, 1.165) is 42.3 Å². The molecule has 1 saturated heterocycles. The Morgan fingerprint density at radius 2 is 2.03 bits per heavy atom. The van der Waals surface area contributed by atoms with Crippen molar-refractivity contribution in [2.45, 2.75) is 6.92 Å². The van der Waals surface area contributed by atoms with Crippen LogP contribution in [-0.2, 0) is 7.05 Å². The summed E-state index contributed by atoms with van der Waals surface area (Å²) in [6.07, 6.45) is 1.94. The fourth-order valence-corrected chi connectivity index (χ4v) is 4.82. The lowest BCUT2D eigenvalue weighted by molar-refractivity contribution is 0.102. The highest BCUT2D eigenvalue weighted by Crippen LogP contribution is 2.31. The van der Waals surface area contributed by atoms with Crippen LogP contribution in [-0.4, -0.2) is 46.9 Å². The topological polar surface area (TPSA) is 75.1 Å². The maximum atomic E-state index is 14.4. The van der Waals surface area contributed by atoms with Crippen molar-refractivity contribution in [3.63, 3.8) is 0 Å². The fourth-order valence-electron chi connectivity index (χ4n) is 3.94. The van der Waals surface area contributed by atoms with Crippen LogP contribution in [0.3, 0.4) is 0 Å². The van der Waals surface area contributed by atoms with Crippen LogP contribution in [0, 0.1) is 12.7 Å². The highest BCUT2D eigenvalue weighted by atomic mass is 32.1. The Kier molecular flexibility index (Phi) is 4.63. The Balaban J connectivity index is 1.51. The molecule has 0 unspecified atom stereocenters. The third-order valence-electron chi connectivity index (χ3n) is 5.28. The summed E-state index contributed by atoms with van der Waals surface area (Å²) in [5, 5.41) is 12.4. The number of piperazine rings is 1. The number of carbonyl (C=O) groups is 1. The van der Waals surface area contributed by atoms with E-state index in [2.05, 4.69) is 25.6 Å². The predicted molar refractivity (Wildman–Crippen MR) is 118 cm³/mol. The minimum atomic E-state index is -0.441. The van der Waals surface area contributed by atoms with Gasteiger partial charge in [0.1, 0.15) is 11.0 Å².